The molecule has 0 saturated carbocycles. The monoisotopic (exact) mass is 516 g/mol. The highest BCUT2D eigenvalue weighted by Crippen LogP contribution is 2.41. The van der Waals surface area contributed by atoms with Gasteiger partial charge in [0.1, 0.15) is 28.0 Å². The Morgan fingerprint density at radius 3 is 2.47 bits per heavy atom. The van der Waals surface area contributed by atoms with Gasteiger partial charge in [-0.15, -0.1) is 0 Å². The maximum absolute atomic E-state index is 13.3. The average Bonchev–Trinajstić information content (AvgIpc) is 3.58. The van der Waals surface area contributed by atoms with Crippen molar-refractivity contribution in [3.63, 3.8) is 0 Å². The number of hydrogen-bond donors (Lipinski definition) is 3. The van der Waals surface area contributed by atoms with Gasteiger partial charge >= 0.3 is 6.03 Å². The molecule has 194 valence electrons. The van der Waals surface area contributed by atoms with Crippen molar-refractivity contribution in [2.24, 2.45) is 0 Å². The Kier molecular flexibility index (Phi) is 4.94. The zero-order valence-corrected chi connectivity index (χ0v) is 20.9. The van der Waals surface area contributed by atoms with E-state index in [1.165, 1.54) is 12.0 Å². The highest BCUT2D eigenvalue weighted by Gasteiger charge is 2.53. The second-order valence-corrected chi connectivity index (χ2v) is 10.2. The number of carbonyl (C=O) groups is 5. The minimum absolute atomic E-state index is 0.0672. The van der Waals surface area contributed by atoms with Gasteiger partial charge in [-0.1, -0.05) is 6.07 Å². The highest BCUT2D eigenvalue weighted by molar-refractivity contribution is 6.10. The van der Waals surface area contributed by atoms with E-state index in [1.54, 1.807) is 44.2 Å². The summed E-state index contributed by atoms with van der Waals surface area (Å²) in [6.45, 7) is 3.60. The Balaban J connectivity index is 1.41. The van der Waals surface area contributed by atoms with Crippen LogP contribution in [0.3, 0.4) is 0 Å². The van der Waals surface area contributed by atoms with Gasteiger partial charge in [-0.3, -0.25) is 29.8 Å². The molecule has 1 aromatic heterocycles. The molecule has 1 unspecified atom stereocenters. The van der Waals surface area contributed by atoms with Crippen molar-refractivity contribution in [2.45, 2.75) is 37.8 Å². The molecule has 11 heteroatoms. The van der Waals surface area contributed by atoms with E-state index >= 15 is 0 Å². The third-order valence-electron chi connectivity index (χ3n) is 7.70. The van der Waals surface area contributed by atoms with Crippen LogP contribution in [0.15, 0.2) is 40.8 Å². The lowest BCUT2D eigenvalue weighted by molar-refractivity contribution is -0.127. The number of methoxy groups -OCH3 is 1. The van der Waals surface area contributed by atoms with Crippen LogP contribution in [0, 0.1) is 6.92 Å². The first-order chi connectivity index (χ1) is 18.0. The summed E-state index contributed by atoms with van der Waals surface area (Å²) >= 11 is 0. The summed E-state index contributed by atoms with van der Waals surface area (Å²) < 4.78 is 11.4. The van der Waals surface area contributed by atoms with Crippen LogP contribution in [0.4, 0.5) is 4.79 Å². The number of ether oxygens (including phenoxy) is 1. The van der Waals surface area contributed by atoms with Crippen molar-refractivity contribution < 1.29 is 33.1 Å². The number of fused-ring (bicyclic) bond motifs is 2. The van der Waals surface area contributed by atoms with Gasteiger partial charge in [-0.25, -0.2) is 4.79 Å². The average molecular weight is 517 g/mol. The van der Waals surface area contributed by atoms with Gasteiger partial charge < -0.3 is 19.4 Å². The molecule has 3 N–H and O–H groups in total. The first-order valence-corrected chi connectivity index (χ1v) is 12.0. The van der Waals surface area contributed by atoms with Gasteiger partial charge in [0.15, 0.2) is 0 Å². The van der Waals surface area contributed by atoms with Crippen LogP contribution in [-0.2, 0) is 31.9 Å². The maximum atomic E-state index is 13.3. The SMILES string of the molecule is COc1ccc2c(c1)C(=O)N(C[C@@]1(c3cc4cc(C5(C)NC(=O)NC5=O)cc(C)c4o3)CC(=O)NC1=O)C2. The van der Waals surface area contributed by atoms with Crippen molar-refractivity contribution in [1.29, 1.82) is 0 Å². The Morgan fingerprint density at radius 2 is 1.82 bits per heavy atom. The number of amides is 6. The first-order valence-electron chi connectivity index (χ1n) is 12.0. The topological polar surface area (TPSA) is 147 Å². The Bertz CT molecular complexity index is 1610. The van der Waals surface area contributed by atoms with Gasteiger partial charge in [0.25, 0.3) is 11.8 Å². The number of benzene rings is 2. The molecule has 2 aromatic carbocycles. The molecule has 2 saturated heterocycles. The van der Waals surface area contributed by atoms with Crippen LogP contribution in [0.1, 0.15) is 46.2 Å². The third-order valence-corrected chi connectivity index (χ3v) is 7.70. The molecule has 6 amide bonds. The lowest BCUT2D eigenvalue weighted by atomic mass is 9.82. The number of hydrogen-bond acceptors (Lipinski definition) is 7. The van der Waals surface area contributed by atoms with E-state index in [0.29, 0.717) is 33.4 Å². The van der Waals surface area contributed by atoms with Crippen LogP contribution in [0.2, 0.25) is 0 Å². The number of aryl methyl sites for hydroxylation is 1. The molecular weight excluding hydrogens is 492 g/mol. The van der Waals surface area contributed by atoms with Crippen molar-refractivity contribution in [3.05, 3.63) is 64.4 Å². The molecule has 2 atom stereocenters. The number of furan rings is 1. The second kappa shape index (κ2) is 7.91. The molecule has 0 radical (unpaired) electrons. The number of carbonyl (C=O) groups excluding carboxylic acids is 5. The summed E-state index contributed by atoms with van der Waals surface area (Å²) in [5, 5.41) is 7.86. The molecule has 0 spiro atoms. The normalized spacial score (nSPS) is 24.6. The van der Waals surface area contributed by atoms with Crippen LogP contribution < -0.4 is 20.7 Å². The number of imide groups is 2. The van der Waals surface area contributed by atoms with Crippen LogP contribution in [-0.4, -0.2) is 48.2 Å². The smallest absolute Gasteiger partial charge is 0.322 e. The molecule has 4 heterocycles. The standard InChI is InChI=1S/C27H24N4O7/c1-13-6-16(26(2)23(34)29-25(36)30-26)7-15-8-19(38-21(13)15)27(10-20(32)28-24(27)35)12-31-11-14-4-5-17(37-3)9-18(14)22(31)33/h4-9H,10-12H2,1-3H3,(H,28,32,35)(H2,29,30,34,36)/t26?,27-/m1/s1. The zero-order chi connectivity index (χ0) is 27.0. The van der Waals surface area contributed by atoms with E-state index in [4.69, 9.17) is 9.15 Å². The number of nitrogens with zero attached hydrogens (tertiary/aromatic N) is 1. The van der Waals surface area contributed by atoms with Crippen molar-refractivity contribution >= 4 is 40.6 Å². The first kappa shape index (κ1) is 23.7. The fourth-order valence-corrected chi connectivity index (χ4v) is 5.57. The third kappa shape index (κ3) is 3.31. The van der Waals surface area contributed by atoms with Crippen molar-refractivity contribution in [2.75, 3.05) is 13.7 Å². The summed E-state index contributed by atoms with van der Waals surface area (Å²) in [7, 11) is 1.52. The van der Waals surface area contributed by atoms with Gasteiger partial charge in [0.2, 0.25) is 11.8 Å². The largest absolute Gasteiger partial charge is 0.497 e. The molecule has 0 aliphatic carbocycles. The predicted molar refractivity (Wildman–Crippen MR) is 132 cm³/mol. The molecule has 3 aliphatic rings. The van der Waals surface area contributed by atoms with Gasteiger partial charge in [-0.2, -0.15) is 0 Å². The number of urea groups is 1. The van der Waals surface area contributed by atoms with E-state index in [1.807, 2.05) is 6.07 Å². The van der Waals surface area contributed by atoms with Gasteiger partial charge in [0.05, 0.1) is 13.5 Å². The maximum Gasteiger partial charge on any atom is 0.322 e. The quantitative estimate of drug-likeness (QED) is 0.346. The van der Waals surface area contributed by atoms with Crippen LogP contribution >= 0.6 is 0 Å². The predicted octanol–water partition coefficient (Wildman–Crippen LogP) is 1.74. The lowest BCUT2D eigenvalue weighted by Gasteiger charge is -2.28. The number of rotatable bonds is 5. The fourth-order valence-electron chi connectivity index (χ4n) is 5.57. The van der Waals surface area contributed by atoms with Gasteiger partial charge in [-0.05, 0) is 60.9 Å². The molecule has 6 rings (SSSR count). The summed E-state index contributed by atoms with van der Waals surface area (Å²) in [5.41, 5.74) is 0.261. The molecular formula is C27H24N4O7. The molecule has 2 fully saturated rings. The Morgan fingerprint density at radius 1 is 1.03 bits per heavy atom. The minimum Gasteiger partial charge on any atom is -0.497 e. The second-order valence-electron chi connectivity index (χ2n) is 10.2. The van der Waals surface area contributed by atoms with E-state index in [-0.39, 0.29) is 31.2 Å². The molecule has 3 aromatic rings. The summed E-state index contributed by atoms with van der Waals surface area (Å²) in [4.78, 5) is 64.9. The van der Waals surface area contributed by atoms with Gasteiger partial charge in [0, 0.05) is 24.0 Å². The molecule has 38 heavy (non-hydrogen) atoms. The highest BCUT2D eigenvalue weighted by atomic mass is 16.5. The Hall–Kier alpha value is -4.67. The minimum atomic E-state index is -1.44. The zero-order valence-electron chi connectivity index (χ0n) is 20.9. The fraction of sp³-hybridized carbons (Fsp3) is 0.296. The van der Waals surface area contributed by atoms with Crippen LogP contribution in [0.5, 0.6) is 5.75 Å². The van der Waals surface area contributed by atoms with Crippen molar-refractivity contribution in [3.8, 4) is 5.75 Å². The summed E-state index contributed by atoms with van der Waals surface area (Å²) in [6, 6.07) is 9.77. The molecule has 11 nitrogen and oxygen atoms in total. The molecule has 3 aliphatic heterocycles. The summed E-state index contributed by atoms with van der Waals surface area (Å²) in [6.07, 6.45) is -0.183. The van der Waals surface area contributed by atoms with E-state index in [0.717, 1.165) is 5.56 Å². The van der Waals surface area contributed by atoms with Crippen molar-refractivity contribution in [1.82, 2.24) is 20.9 Å². The number of nitrogens with one attached hydrogen (secondary N) is 3. The summed E-state index contributed by atoms with van der Waals surface area (Å²) in [5.74, 6) is -0.970. The van der Waals surface area contributed by atoms with E-state index in [9.17, 15) is 24.0 Å². The Labute approximate surface area is 216 Å². The van der Waals surface area contributed by atoms with Crippen LogP contribution in [0.25, 0.3) is 11.0 Å². The lowest BCUT2D eigenvalue weighted by Crippen LogP contribution is -2.46. The van der Waals surface area contributed by atoms with E-state index in [2.05, 4.69) is 16.0 Å². The van der Waals surface area contributed by atoms with E-state index < -0.39 is 34.7 Å². The molecule has 0 bridgehead atoms.